The van der Waals surface area contributed by atoms with Gasteiger partial charge in [0.15, 0.2) is 6.61 Å². The standard InChI is InChI=1S/C27H26N2O5/c30-19-29-13-11-27(12-14-29)33-17-22-15-21(9-10-25(22)34-27)20-5-4-8-24(16-20)32-18-26(31)28-23-6-2-1-3-7-23/h1-10,15-16,19H,11-14,17-18H2,(H,28,31). The summed E-state index contributed by atoms with van der Waals surface area (Å²) in [5, 5.41) is 2.81. The fourth-order valence-corrected chi connectivity index (χ4v) is 4.26. The highest BCUT2D eigenvalue weighted by Crippen LogP contribution is 2.39. The average Bonchev–Trinajstić information content (AvgIpc) is 2.88. The molecule has 2 aliphatic rings. The van der Waals surface area contributed by atoms with E-state index < -0.39 is 5.79 Å². The first kappa shape index (κ1) is 22.0. The maximum absolute atomic E-state index is 12.2. The summed E-state index contributed by atoms with van der Waals surface area (Å²) < 4.78 is 18.1. The topological polar surface area (TPSA) is 77.1 Å². The molecule has 0 unspecified atom stereocenters. The van der Waals surface area contributed by atoms with Gasteiger partial charge in [0, 0.05) is 37.2 Å². The van der Waals surface area contributed by atoms with Crippen molar-refractivity contribution in [3.8, 4) is 22.6 Å². The van der Waals surface area contributed by atoms with E-state index in [4.69, 9.17) is 14.2 Å². The van der Waals surface area contributed by atoms with Crippen molar-refractivity contribution in [3.05, 3.63) is 78.4 Å². The molecule has 34 heavy (non-hydrogen) atoms. The van der Waals surface area contributed by atoms with E-state index in [0.717, 1.165) is 34.5 Å². The first-order chi connectivity index (χ1) is 16.6. The number of nitrogens with zero attached hydrogens (tertiary/aromatic N) is 1. The van der Waals surface area contributed by atoms with Crippen LogP contribution in [0.2, 0.25) is 0 Å². The number of likely N-dealkylation sites (tertiary alicyclic amines) is 1. The number of anilines is 1. The second-order valence-electron chi connectivity index (χ2n) is 8.50. The van der Waals surface area contributed by atoms with Gasteiger partial charge >= 0.3 is 0 Å². The highest BCUT2D eigenvalue weighted by Gasteiger charge is 2.40. The predicted octanol–water partition coefficient (Wildman–Crippen LogP) is 4.23. The number of nitrogens with one attached hydrogen (secondary N) is 1. The van der Waals surface area contributed by atoms with E-state index in [0.29, 0.717) is 38.3 Å². The molecule has 3 aromatic carbocycles. The zero-order valence-electron chi connectivity index (χ0n) is 18.7. The van der Waals surface area contributed by atoms with Crippen molar-refractivity contribution in [1.29, 1.82) is 0 Å². The Labute approximate surface area is 198 Å². The van der Waals surface area contributed by atoms with E-state index in [-0.39, 0.29) is 12.5 Å². The van der Waals surface area contributed by atoms with E-state index in [1.807, 2.05) is 66.7 Å². The molecular formula is C27H26N2O5. The number of piperidine rings is 1. The molecule has 174 valence electrons. The zero-order valence-corrected chi connectivity index (χ0v) is 18.7. The Balaban J connectivity index is 1.23. The summed E-state index contributed by atoms with van der Waals surface area (Å²) in [6.45, 7) is 1.65. The largest absolute Gasteiger partial charge is 0.484 e. The van der Waals surface area contributed by atoms with Gasteiger partial charge in [-0.3, -0.25) is 9.59 Å². The summed E-state index contributed by atoms with van der Waals surface area (Å²) in [4.78, 5) is 24.9. The molecule has 2 aliphatic heterocycles. The number of carbonyl (C=O) groups excluding carboxylic acids is 2. The number of benzene rings is 3. The first-order valence-electron chi connectivity index (χ1n) is 11.4. The van der Waals surface area contributed by atoms with Gasteiger partial charge in [0.05, 0.1) is 6.61 Å². The molecule has 1 N–H and O–H groups in total. The van der Waals surface area contributed by atoms with Crippen LogP contribution in [0.3, 0.4) is 0 Å². The Kier molecular flexibility index (Phi) is 6.18. The van der Waals surface area contributed by atoms with Crippen LogP contribution >= 0.6 is 0 Å². The number of carbonyl (C=O) groups is 2. The van der Waals surface area contributed by atoms with Crippen molar-refractivity contribution < 1.29 is 23.8 Å². The van der Waals surface area contributed by atoms with Gasteiger partial charge in [-0.2, -0.15) is 0 Å². The van der Waals surface area contributed by atoms with E-state index in [2.05, 4.69) is 11.4 Å². The van der Waals surface area contributed by atoms with Crippen LogP contribution in [-0.2, 0) is 20.9 Å². The number of hydrogen-bond acceptors (Lipinski definition) is 5. The lowest BCUT2D eigenvalue weighted by Crippen LogP contribution is -2.50. The van der Waals surface area contributed by atoms with Crippen LogP contribution in [0.5, 0.6) is 11.5 Å². The van der Waals surface area contributed by atoms with Crippen LogP contribution in [0.4, 0.5) is 5.69 Å². The monoisotopic (exact) mass is 458 g/mol. The van der Waals surface area contributed by atoms with Crippen molar-refractivity contribution in [2.24, 2.45) is 0 Å². The highest BCUT2D eigenvalue weighted by atomic mass is 16.7. The summed E-state index contributed by atoms with van der Waals surface area (Å²) in [5.41, 5.74) is 3.70. The third-order valence-corrected chi connectivity index (χ3v) is 6.15. The highest BCUT2D eigenvalue weighted by molar-refractivity contribution is 5.91. The minimum absolute atomic E-state index is 0.0756. The van der Waals surface area contributed by atoms with Gasteiger partial charge in [-0.15, -0.1) is 0 Å². The van der Waals surface area contributed by atoms with E-state index in [1.165, 1.54) is 0 Å². The Morgan fingerprint density at radius 1 is 1.00 bits per heavy atom. The zero-order chi connectivity index (χ0) is 23.4. The Morgan fingerprint density at radius 2 is 1.79 bits per heavy atom. The average molecular weight is 459 g/mol. The van der Waals surface area contributed by atoms with Crippen LogP contribution < -0.4 is 14.8 Å². The lowest BCUT2D eigenvalue weighted by molar-refractivity contribution is -0.226. The van der Waals surface area contributed by atoms with Crippen LogP contribution in [0.1, 0.15) is 18.4 Å². The lowest BCUT2D eigenvalue weighted by atomic mass is 9.99. The number of ether oxygens (including phenoxy) is 3. The van der Waals surface area contributed by atoms with Crippen LogP contribution in [0.15, 0.2) is 72.8 Å². The first-order valence-corrected chi connectivity index (χ1v) is 11.4. The van der Waals surface area contributed by atoms with Gasteiger partial charge in [-0.05, 0) is 47.5 Å². The molecule has 7 heteroatoms. The molecular weight excluding hydrogens is 432 g/mol. The van der Waals surface area contributed by atoms with Gasteiger partial charge in [0.1, 0.15) is 11.5 Å². The van der Waals surface area contributed by atoms with Crippen molar-refractivity contribution >= 4 is 18.0 Å². The third kappa shape index (κ3) is 4.89. The fourth-order valence-electron chi connectivity index (χ4n) is 4.26. The minimum Gasteiger partial charge on any atom is -0.484 e. The number of amides is 2. The number of para-hydroxylation sites is 1. The molecule has 1 spiro atoms. The predicted molar refractivity (Wildman–Crippen MR) is 127 cm³/mol. The van der Waals surface area contributed by atoms with Gasteiger partial charge < -0.3 is 24.4 Å². The molecule has 5 rings (SSSR count). The molecule has 0 atom stereocenters. The molecule has 1 fully saturated rings. The Morgan fingerprint density at radius 3 is 2.59 bits per heavy atom. The van der Waals surface area contributed by atoms with Crippen LogP contribution in [0, 0.1) is 0 Å². The number of hydrogen-bond donors (Lipinski definition) is 1. The molecule has 0 bridgehead atoms. The summed E-state index contributed by atoms with van der Waals surface area (Å²) >= 11 is 0. The van der Waals surface area contributed by atoms with Crippen molar-refractivity contribution in [1.82, 2.24) is 4.90 Å². The molecule has 0 radical (unpaired) electrons. The normalized spacial score (nSPS) is 16.3. The molecule has 2 amide bonds. The summed E-state index contributed by atoms with van der Waals surface area (Å²) in [5.74, 6) is 0.571. The van der Waals surface area contributed by atoms with E-state index >= 15 is 0 Å². The van der Waals surface area contributed by atoms with Crippen molar-refractivity contribution in [2.45, 2.75) is 25.2 Å². The molecule has 0 saturated carbocycles. The Bertz CT molecular complexity index is 1170. The minimum atomic E-state index is -0.651. The SMILES string of the molecule is O=CN1CCC2(CC1)OCc1cc(-c3cccc(OCC(=O)Nc4ccccc4)c3)ccc1O2. The maximum atomic E-state index is 12.2. The van der Waals surface area contributed by atoms with Gasteiger partial charge in [0.2, 0.25) is 12.2 Å². The molecule has 0 aromatic heterocycles. The molecule has 2 heterocycles. The second kappa shape index (κ2) is 9.57. The summed E-state index contributed by atoms with van der Waals surface area (Å²) in [6.07, 6.45) is 2.19. The number of fused-ring (bicyclic) bond motifs is 1. The smallest absolute Gasteiger partial charge is 0.262 e. The third-order valence-electron chi connectivity index (χ3n) is 6.15. The Hall–Kier alpha value is -3.84. The molecule has 3 aromatic rings. The fraction of sp³-hybridized carbons (Fsp3) is 0.259. The quantitative estimate of drug-likeness (QED) is 0.560. The van der Waals surface area contributed by atoms with Crippen molar-refractivity contribution in [2.75, 3.05) is 25.0 Å². The molecule has 1 saturated heterocycles. The lowest BCUT2D eigenvalue weighted by Gasteiger charge is -2.43. The second-order valence-corrected chi connectivity index (χ2v) is 8.50. The maximum Gasteiger partial charge on any atom is 0.262 e. The van der Waals surface area contributed by atoms with Crippen LogP contribution in [0.25, 0.3) is 11.1 Å². The van der Waals surface area contributed by atoms with Gasteiger partial charge in [-0.1, -0.05) is 36.4 Å². The summed E-state index contributed by atoms with van der Waals surface area (Å²) in [6, 6.07) is 23.0. The van der Waals surface area contributed by atoms with Gasteiger partial charge in [-0.25, -0.2) is 0 Å². The van der Waals surface area contributed by atoms with Crippen LogP contribution in [-0.4, -0.2) is 42.7 Å². The van der Waals surface area contributed by atoms with Crippen molar-refractivity contribution in [3.63, 3.8) is 0 Å². The van der Waals surface area contributed by atoms with Gasteiger partial charge in [0.25, 0.3) is 5.91 Å². The van der Waals surface area contributed by atoms with E-state index in [9.17, 15) is 9.59 Å². The number of rotatable bonds is 6. The summed E-state index contributed by atoms with van der Waals surface area (Å²) in [7, 11) is 0. The van der Waals surface area contributed by atoms with E-state index in [1.54, 1.807) is 4.90 Å². The molecule has 7 nitrogen and oxygen atoms in total. The molecule has 0 aliphatic carbocycles.